The zero-order valence-corrected chi connectivity index (χ0v) is 12.2. The second-order valence-electron chi connectivity index (χ2n) is 4.60. The van der Waals surface area contributed by atoms with E-state index in [1.54, 1.807) is 12.3 Å². The summed E-state index contributed by atoms with van der Waals surface area (Å²) >= 11 is 12.3. The van der Waals surface area contributed by atoms with E-state index >= 15 is 0 Å². The Morgan fingerprint density at radius 2 is 1.90 bits per heavy atom. The van der Waals surface area contributed by atoms with E-state index in [2.05, 4.69) is 15.5 Å². The van der Waals surface area contributed by atoms with Gasteiger partial charge in [-0.2, -0.15) is 5.10 Å². The number of anilines is 3. The fourth-order valence-corrected chi connectivity index (χ4v) is 2.43. The van der Waals surface area contributed by atoms with Crippen molar-refractivity contribution in [2.75, 3.05) is 11.1 Å². The number of fused-ring (bicyclic) bond motifs is 1. The summed E-state index contributed by atoms with van der Waals surface area (Å²) in [5.74, 6) is 0. The van der Waals surface area contributed by atoms with E-state index in [9.17, 15) is 0 Å². The normalized spacial score (nSPS) is 10.9. The van der Waals surface area contributed by atoms with E-state index in [-0.39, 0.29) is 0 Å². The van der Waals surface area contributed by atoms with E-state index in [1.807, 2.05) is 25.1 Å². The number of hydrogen-bond acceptors (Lipinski definition) is 3. The van der Waals surface area contributed by atoms with Crippen LogP contribution in [-0.4, -0.2) is 10.2 Å². The molecular formula is C14H12Cl2N4. The first-order chi connectivity index (χ1) is 9.54. The maximum atomic E-state index is 6.22. The number of nitrogens with zero attached hydrogens (tertiary/aromatic N) is 1. The Morgan fingerprint density at radius 1 is 1.10 bits per heavy atom. The van der Waals surface area contributed by atoms with Crippen molar-refractivity contribution in [2.24, 2.45) is 0 Å². The van der Waals surface area contributed by atoms with Gasteiger partial charge in [-0.15, -0.1) is 0 Å². The number of nitrogens with one attached hydrogen (secondary N) is 2. The summed E-state index contributed by atoms with van der Waals surface area (Å²) in [5.41, 5.74) is 9.95. The second-order valence-corrected chi connectivity index (χ2v) is 5.42. The van der Waals surface area contributed by atoms with Gasteiger partial charge in [-0.25, -0.2) is 0 Å². The molecule has 0 saturated heterocycles. The van der Waals surface area contributed by atoms with Crippen LogP contribution in [0.3, 0.4) is 0 Å². The van der Waals surface area contributed by atoms with Crippen molar-refractivity contribution in [1.29, 1.82) is 0 Å². The van der Waals surface area contributed by atoms with Crippen molar-refractivity contribution >= 4 is 51.2 Å². The molecule has 0 bridgehead atoms. The smallest absolute Gasteiger partial charge is 0.0672 e. The zero-order valence-electron chi connectivity index (χ0n) is 10.7. The average Bonchev–Trinajstić information content (AvgIpc) is 2.83. The highest BCUT2D eigenvalue weighted by molar-refractivity contribution is 6.35. The fraction of sp³-hybridized carbons (Fsp3) is 0.0714. The Bertz CT molecular complexity index is 795. The molecule has 1 aromatic heterocycles. The van der Waals surface area contributed by atoms with E-state index in [0.717, 1.165) is 22.2 Å². The molecule has 3 aromatic rings. The molecule has 0 unspecified atom stereocenters. The minimum atomic E-state index is 0.594. The van der Waals surface area contributed by atoms with Gasteiger partial charge in [-0.05, 0) is 36.8 Å². The summed E-state index contributed by atoms with van der Waals surface area (Å²) in [6.45, 7) is 1.91. The predicted octanol–water partition coefficient (Wildman–Crippen LogP) is 4.50. The van der Waals surface area contributed by atoms with E-state index in [1.165, 1.54) is 0 Å². The largest absolute Gasteiger partial charge is 0.397 e. The molecule has 0 aliphatic rings. The lowest BCUT2D eigenvalue weighted by atomic mass is 10.2. The zero-order chi connectivity index (χ0) is 14.3. The number of H-pyrrole nitrogens is 1. The molecule has 0 aliphatic carbocycles. The van der Waals surface area contributed by atoms with Crippen LogP contribution in [0.5, 0.6) is 0 Å². The Morgan fingerprint density at radius 3 is 2.70 bits per heavy atom. The predicted molar refractivity (Wildman–Crippen MR) is 85.0 cm³/mol. The van der Waals surface area contributed by atoms with Crippen LogP contribution in [0.2, 0.25) is 10.0 Å². The number of benzene rings is 2. The van der Waals surface area contributed by atoms with Gasteiger partial charge in [0.2, 0.25) is 0 Å². The second kappa shape index (κ2) is 4.89. The number of nitrogens with two attached hydrogens (primary N) is 1. The molecule has 1 heterocycles. The summed E-state index contributed by atoms with van der Waals surface area (Å²) in [4.78, 5) is 0. The van der Waals surface area contributed by atoms with E-state index < -0.39 is 0 Å². The maximum absolute atomic E-state index is 6.22. The maximum Gasteiger partial charge on any atom is 0.0672 e. The van der Waals surface area contributed by atoms with Gasteiger partial charge in [0, 0.05) is 10.4 Å². The monoisotopic (exact) mass is 306 g/mol. The Hall–Kier alpha value is -1.91. The third kappa shape index (κ3) is 2.28. The van der Waals surface area contributed by atoms with E-state index in [0.29, 0.717) is 21.4 Å². The van der Waals surface area contributed by atoms with E-state index in [4.69, 9.17) is 28.9 Å². The minimum absolute atomic E-state index is 0.594. The number of aryl methyl sites for hydroxylation is 1. The van der Waals surface area contributed by atoms with Gasteiger partial charge in [0.1, 0.15) is 0 Å². The Kier molecular flexibility index (Phi) is 3.20. The van der Waals surface area contributed by atoms with Crippen molar-refractivity contribution in [3.63, 3.8) is 0 Å². The van der Waals surface area contributed by atoms with Gasteiger partial charge in [0.15, 0.2) is 0 Å². The Labute approximate surface area is 125 Å². The molecular weight excluding hydrogens is 295 g/mol. The lowest BCUT2D eigenvalue weighted by molar-refractivity contribution is 1.12. The van der Waals surface area contributed by atoms with Gasteiger partial charge in [0.25, 0.3) is 0 Å². The molecule has 102 valence electrons. The first kappa shape index (κ1) is 13.1. The highest BCUT2D eigenvalue weighted by Crippen LogP contribution is 2.34. The molecule has 3 rings (SSSR count). The number of hydrogen-bond donors (Lipinski definition) is 3. The van der Waals surface area contributed by atoms with Crippen LogP contribution in [-0.2, 0) is 0 Å². The van der Waals surface area contributed by atoms with Crippen molar-refractivity contribution in [3.05, 3.63) is 46.1 Å². The first-order valence-corrected chi connectivity index (χ1v) is 6.75. The van der Waals surface area contributed by atoms with Crippen molar-refractivity contribution in [3.8, 4) is 0 Å². The number of aromatic amines is 1. The van der Waals surface area contributed by atoms with Crippen molar-refractivity contribution < 1.29 is 0 Å². The summed E-state index contributed by atoms with van der Waals surface area (Å²) in [6.07, 6.45) is 1.73. The highest BCUT2D eigenvalue weighted by Gasteiger charge is 2.08. The number of aromatic nitrogens is 2. The molecule has 20 heavy (non-hydrogen) atoms. The molecule has 4 nitrogen and oxygen atoms in total. The summed E-state index contributed by atoms with van der Waals surface area (Å²) in [5, 5.41) is 12.3. The highest BCUT2D eigenvalue weighted by atomic mass is 35.5. The minimum Gasteiger partial charge on any atom is -0.397 e. The summed E-state index contributed by atoms with van der Waals surface area (Å²) < 4.78 is 0. The van der Waals surface area contributed by atoms with Crippen LogP contribution in [0, 0.1) is 6.92 Å². The van der Waals surface area contributed by atoms with Crippen molar-refractivity contribution in [2.45, 2.75) is 6.92 Å². The number of rotatable bonds is 2. The molecule has 2 aromatic carbocycles. The third-order valence-corrected chi connectivity index (χ3v) is 3.85. The topological polar surface area (TPSA) is 66.7 Å². The SMILES string of the molecule is Cc1cc(Cl)c(Nc2cc3[nH]ncc3cc2N)cc1Cl. The van der Waals surface area contributed by atoms with Gasteiger partial charge in [-0.1, -0.05) is 23.2 Å². The van der Waals surface area contributed by atoms with Crippen LogP contribution < -0.4 is 11.1 Å². The van der Waals surface area contributed by atoms with Crippen LogP contribution >= 0.6 is 23.2 Å². The van der Waals surface area contributed by atoms with Crippen LogP contribution in [0.15, 0.2) is 30.5 Å². The lowest BCUT2D eigenvalue weighted by Crippen LogP contribution is -1.97. The van der Waals surface area contributed by atoms with Crippen LogP contribution in [0.4, 0.5) is 17.1 Å². The molecule has 0 spiro atoms. The van der Waals surface area contributed by atoms with Crippen LogP contribution in [0.25, 0.3) is 10.9 Å². The third-order valence-electron chi connectivity index (χ3n) is 3.13. The number of halogens is 2. The summed E-state index contributed by atoms with van der Waals surface area (Å²) in [6, 6.07) is 7.35. The Balaban J connectivity index is 2.04. The average molecular weight is 307 g/mol. The van der Waals surface area contributed by atoms with Crippen LogP contribution in [0.1, 0.15) is 5.56 Å². The molecule has 6 heteroatoms. The van der Waals surface area contributed by atoms with Gasteiger partial charge < -0.3 is 11.1 Å². The number of nitrogen functional groups attached to an aromatic ring is 1. The molecule has 0 atom stereocenters. The molecule has 0 radical (unpaired) electrons. The van der Waals surface area contributed by atoms with Gasteiger partial charge in [0.05, 0.1) is 33.8 Å². The molecule has 0 saturated carbocycles. The summed E-state index contributed by atoms with van der Waals surface area (Å²) in [7, 11) is 0. The molecule has 0 aliphatic heterocycles. The van der Waals surface area contributed by atoms with Gasteiger partial charge >= 0.3 is 0 Å². The standard InChI is InChI=1S/C14H12Cl2N4/c1-7-2-10(16)13(4-9(7)15)19-14-5-12-8(3-11(14)17)6-18-20-12/h2-6,19H,17H2,1H3,(H,18,20). The molecule has 0 fully saturated rings. The molecule has 0 amide bonds. The quantitative estimate of drug-likeness (QED) is 0.610. The first-order valence-electron chi connectivity index (χ1n) is 6.00. The van der Waals surface area contributed by atoms with Gasteiger partial charge in [-0.3, -0.25) is 5.10 Å². The fourth-order valence-electron chi connectivity index (χ4n) is 2.00. The lowest BCUT2D eigenvalue weighted by Gasteiger charge is -2.12. The van der Waals surface area contributed by atoms with Crippen molar-refractivity contribution in [1.82, 2.24) is 10.2 Å². The molecule has 4 N–H and O–H groups in total.